The van der Waals surface area contributed by atoms with Crippen molar-refractivity contribution in [2.75, 3.05) is 32.8 Å². The summed E-state index contributed by atoms with van der Waals surface area (Å²) in [6.07, 6.45) is 1.35. The van der Waals surface area contributed by atoms with Crippen molar-refractivity contribution in [2.24, 2.45) is 5.92 Å². The molecule has 1 atom stereocenters. The predicted octanol–water partition coefficient (Wildman–Crippen LogP) is 1.33. The molecule has 1 fully saturated rings. The van der Waals surface area contributed by atoms with Gasteiger partial charge in [-0.25, -0.2) is 0 Å². The molecule has 5 heteroatoms. The Balaban J connectivity index is 1.79. The summed E-state index contributed by atoms with van der Waals surface area (Å²) in [5.41, 5.74) is 0.540. The van der Waals surface area contributed by atoms with Crippen LogP contribution in [0.25, 0.3) is 0 Å². The van der Waals surface area contributed by atoms with E-state index in [-0.39, 0.29) is 19.0 Å². The third kappa shape index (κ3) is 4.80. The molecule has 1 aromatic carbocycles. The number of para-hydroxylation sites is 1. The largest absolute Gasteiger partial charge is 0.490 e. The quantitative estimate of drug-likeness (QED) is 0.744. The minimum atomic E-state index is -0.592. The van der Waals surface area contributed by atoms with Gasteiger partial charge in [0.1, 0.15) is 18.5 Å². The van der Waals surface area contributed by atoms with Crippen molar-refractivity contribution in [1.82, 2.24) is 4.90 Å². The van der Waals surface area contributed by atoms with Crippen LogP contribution in [0.4, 0.5) is 0 Å². The second kappa shape index (κ2) is 8.27. The van der Waals surface area contributed by atoms with Gasteiger partial charge in [-0.15, -0.1) is 0 Å². The Bertz CT molecular complexity index is 483. The molecule has 5 nitrogen and oxygen atoms in total. The molecule has 0 aliphatic carbocycles. The topological polar surface area (TPSA) is 70.0 Å². The van der Waals surface area contributed by atoms with Gasteiger partial charge in [0.2, 0.25) is 0 Å². The first kappa shape index (κ1) is 16.9. The van der Waals surface area contributed by atoms with E-state index in [4.69, 9.17) is 9.84 Å². The number of likely N-dealkylation sites (tertiary alicyclic amines) is 1. The van der Waals surface area contributed by atoms with Gasteiger partial charge in [-0.2, -0.15) is 0 Å². The van der Waals surface area contributed by atoms with E-state index in [0.717, 1.165) is 25.9 Å². The first-order valence-corrected chi connectivity index (χ1v) is 7.84. The molecule has 1 unspecified atom stereocenters. The molecular formula is C17H25NO4. The SMILES string of the molecule is CC(=O)c1ccccc1OCC(O)CN1CCC(CO)CC1. The van der Waals surface area contributed by atoms with Gasteiger partial charge in [0.05, 0.1) is 5.56 Å². The van der Waals surface area contributed by atoms with Gasteiger partial charge in [-0.05, 0) is 50.9 Å². The number of rotatable bonds is 7. The smallest absolute Gasteiger partial charge is 0.163 e. The summed E-state index contributed by atoms with van der Waals surface area (Å²) in [5.74, 6) is 0.872. The van der Waals surface area contributed by atoms with Crippen molar-refractivity contribution < 1.29 is 19.7 Å². The van der Waals surface area contributed by atoms with E-state index in [0.29, 0.717) is 23.8 Å². The van der Waals surface area contributed by atoms with E-state index in [2.05, 4.69) is 4.90 Å². The fraction of sp³-hybridized carbons (Fsp3) is 0.588. The third-order valence-electron chi connectivity index (χ3n) is 4.13. The Morgan fingerprint density at radius 3 is 2.68 bits per heavy atom. The number of ketones is 1. The summed E-state index contributed by atoms with van der Waals surface area (Å²) in [6, 6.07) is 7.08. The van der Waals surface area contributed by atoms with Gasteiger partial charge in [0.25, 0.3) is 0 Å². The standard InChI is InChI=1S/C17H25NO4/c1-13(20)16-4-2-3-5-17(16)22-12-15(21)10-18-8-6-14(11-19)7-9-18/h2-5,14-15,19,21H,6-12H2,1H3. The maximum Gasteiger partial charge on any atom is 0.163 e. The fourth-order valence-electron chi connectivity index (χ4n) is 2.77. The van der Waals surface area contributed by atoms with Crippen LogP contribution in [0, 0.1) is 5.92 Å². The number of carbonyl (C=O) groups is 1. The van der Waals surface area contributed by atoms with E-state index in [1.54, 1.807) is 18.2 Å². The molecular weight excluding hydrogens is 282 g/mol. The van der Waals surface area contributed by atoms with Crippen molar-refractivity contribution in [1.29, 1.82) is 0 Å². The second-order valence-corrected chi connectivity index (χ2v) is 5.94. The molecule has 1 aliphatic rings. The van der Waals surface area contributed by atoms with E-state index >= 15 is 0 Å². The number of aliphatic hydroxyl groups is 2. The summed E-state index contributed by atoms with van der Waals surface area (Å²) in [5, 5.41) is 19.2. The normalized spacial score (nSPS) is 18.1. The highest BCUT2D eigenvalue weighted by Gasteiger charge is 2.20. The Morgan fingerprint density at radius 2 is 2.05 bits per heavy atom. The van der Waals surface area contributed by atoms with Gasteiger partial charge in [0, 0.05) is 13.2 Å². The molecule has 2 N–H and O–H groups in total. The van der Waals surface area contributed by atoms with Crippen LogP contribution in [-0.4, -0.2) is 59.8 Å². The summed E-state index contributed by atoms with van der Waals surface area (Å²) in [7, 11) is 0. The number of Topliss-reactive ketones (excluding diaryl/α,β-unsaturated/α-hetero) is 1. The van der Waals surface area contributed by atoms with Crippen LogP contribution in [0.2, 0.25) is 0 Å². The first-order valence-electron chi connectivity index (χ1n) is 7.84. The van der Waals surface area contributed by atoms with Crippen LogP contribution in [0.5, 0.6) is 5.75 Å². The van der Waals surface area contributed by atoms with Crippen LogP contribution in [0.15, 0.2) is 24.3 Å². The Morgan fingerprint density at radius 1 is 1.36 bits per heavy atom. The molecule has 1 heterocycles. The van der Waals surface area contributed by atoms with Gasteiger partial charge in [0.15, 0.2) is 5.78 Å². The molecule has 0 spiro atoms. The number of hydrogen-bond donors (Lipinski definition) is 2. The summed E-state index contributed by atoms with van der Waals surface area (Å²) < 4.78 is 5.61. The van der Waals surface area contributed by atoms with Crippen LogP contribution >= 0.6 is 0 Å². The Labute approximate surface area is 131 Å². The van der Waals surface area contributed by atoms with Crippen LogP contribution in [0.1, 0.15) is 30.1 Å². The lowest BCUT2D eigenvalue weighted by Gasteiger charge is -2.32. The minimum absolute atomic E-state index is 0.0452. The lowest BCUT2D eigenvalue weighted by molar-refractivity contribution is 0.0485. The Kier molecular flexibility index (Phi) is 6.36. The number of nitrogens with zero attached hydrogens (tertiary/aromatic N) is 1. The summed E-state index contributed by atoms with van der Waals surface area (Å²) in [4.78, 5) is 13.7. The Hall–Kier alpha value is -1.43. The third-order valence-corrected chi connectivity index (χ3v) is 4.13. The highest BCUT2D eigenvalue weighted by molar-refractivity contribution is 5.96. The second-order valence-electron chi connectivity index (χ2n) is 5.94. The van der Waals surface area contributed by atoms with Gasteiger partial charge in [-0.1, -0.05) is 12.1 Å². The maximum absolute atomic E-state index is 11.5. The molecule has 0 amide bonds. The van der Waals surface area contributed by atoms with E-state index < -0.39 is 6.10 Å². The number of benzene rings is 1. The monoisotopic (exact) mass is 307 g/mol. The van der Waals surface area contributed by atoms with Crippen LogP contribution < -0.4 is 4.74 Å². The molecule has 22 heavy (non-hydrogen) atoms. The zero-order chi connectivity index (χ0) is 15.9. The average Bonchev–Trinajstić information content (AvgIpc) is 2.54. The van der Waals surface area contributed by atoms with Crippen molar-refractivity contribution in [2.45, 2.75) is 25.9 Å². The van der Waals surface area contributed by atoms with Crippen molar-refractivity contribution in [3.63, 3.8) is 0 Å². The van der Waals surface area contributed by atoms with Crippen molar-refractivity contribution >= 4 is 5.78 Å². The highest BCUT2D eigenvalue weighted by Crippen LogP contribution is 2.19. The lowest BCUT2D eigenvalue weighted by atomic mass is 9.98. The number of β-amino-alcohol motifs (C(OH)–C–C–N with tert-alkyl or cyclic N) is 1. The fourth-order valence-corrected chi connectivity index (χ4v) is 2.77. The molecule has 1 saturated heterocycles. The van der Waals surface area contributed by atoms with E-state index in [9.17, 15) is 9.90 Å². The maximum atomic E-state index is 11.5. The van der Waals surface area contributed by atoms with Crippen molar-refractivity contribution in [3.8, 4) is 5.75 Å². The van der Waals surface area contributed by atoms with Crippen LogP contribution in [0.3, 0.4) is 0 Å². The van der Waals surface area contributed by atoms with Crippen LogP contribution in [-0.2, 0) is 0 Å². The number of piperidine rings is 1. The molecule has 2 rings (SSSR count). The number of ether oxygens (including phenoxy) is 1. The summed E-state index contributed by atoms with van der Waals surface area (Å²) >= 11 is 0. The zero-order valence-corrected chi connectivity index (χ0v) is 13.1. The number of hydrogen-bond acceptors (Lipinski definition) is 5. The molecule has 0 aromatic heterocycles. The number of carbonyl (C=O) groups excluding carboxylic acids is 1. The molecule has 0 saturated carbocycles. The van der Waals surface area contributed by atoms with Crippen molar-refractivity contribution in [3.05, 3.63) is 29.8 Å². The lowest BCUT2D eigenvalue weighted by Crippen LogP contribution is -2.41. The molecule has 122 valence electrons. The van der Waals surface area contributed by atoms with E-state index in [1.807, 2.05) is 6.07 Å². The average molecular weight is 307 g/mol. The molecule has 1 aliphatic heterocycles. The minimum Gasteiger partial charge on any atom is -0.490 e. The van der Waals surface area contributed by atoms with Gasteiger partial charge in [-0.3, -0.25) is 4.79 Å². The first-order chi connectivity index (χ1) is 10.6. The van der Waals surface area contributed by atoms with E-state index in [1.165, 1.54) is 6.92 Å². The highest BCUT2D eigenvalue weighted by atomic mass is 16.5. The van der Waals surface area contributed by atoms with Gasteiger partial charge >= 0.3 is 0 Å². The molecule has 0 bridgehead atoms. The predicted molar refractivity (Wildman–Crippen MR) is 84.2 cm³/mol. The number of aliphatic hydroxyl groups excluding tert-OH is 2. The zero-order valence-electron chi connectivity index (χ0n) is 13.1. The summed E-state index contributed by atoms with van der Waals surface area (Å²) in [6.45, 7) is 4.27. The van der Waals surface area contributed by atoms with Gasteiger partial charge < -0.3 is 19.8 Å². The molecule has 0 radical (unpaired) electrons. The molecule has 1 aromatic rings.